The Labute approximate surface area is 121 Å². The molecule has 2 fully saturated rings. The lowest BCUT2D eigenvalue weighted by Gasteiger charge is -2.29. The summed E-state index contributed by atoms with van der Waals surface area (Å²) in [6.45, 7) is 3.77. The molecule has 2 N–H and O–H groups in total. The molecule has 0 aromatic heterocycles. The van der Waals surface area contributed by atoms with E-state index in [2.05, 4.69) is 10.6 Å². The number of nitrogens with zero attached hydrogens (tertiary/aromatic N) is 1. The van der Waals surface area contributed by atoms with Gasteiger partial charge in [0.2, 0.25) is 11.8 Å². The van der Waals surface area contributed by atoms with Gasteiger partial charge in [-0.2, -0.15) is 0 Å². The molecule has 114 valence electrons. The van der Waals surface area contributed by atoms with Crippen molar-refractivity contribution >= 4 is 11.8 Å². The SMILES string of the molecule is CC(NC(=O)CNC1CCCC1)C(=O)N1CCCCC1. The smallest absolute Gasteiger partial charge is 0.244 e. The van der Waals surface area contributed by atoms with Crippen molar-refractivity contribution in [1.82, 2.24) is 15.5 Å². The van der Waals surface area contributed by atoms with Crippen LogP contribution < -0.4 is 10.6 Å². The highest BCUT2D eigenvalue weighted by Gasteiger charge is 2.23. The van der Waals surface area contributed by atoms with E-state index < -0.39 is 6.04 Å². The lowest BCUT2D eigenvalue weighted by atomic mass is 10.1. The van der Waals surface area contributed by atoms with Crippen LogP contribution in [-0.2, 0) is 9.59 Å². The first-order valence-corrected chi connectivity index (χ1v) is 7.98. The predicted octanol–water partition coefficient (Wildman–Crippen LogP) is 1.04. The zero-order valence-corrected chi connectivity index (χ0v) is 12.5. The van der Waals surface area contributed by atoms with Crippen molar-refractivity contribution in [1.29, 1.82) is 0 Å². The van der Waals surface area contributed by atoms with Crippen LogP contribution in [0.15, 0.2) is 0 Å². The monoisotopic (exact) mass is 281 g/mol. The van der Waals surface area contributed by atoms with E-state index in [0.29, 0.717) is 12.6 Å². The summed E-state index contributed by atoms with van der Waals surface area (Å²) in [7, 11) is 0. The summed E-state index contributed by atoms with van der Waals surface area (Å²) in [5, 5.41) is 6.08. The van der Waals surface area contributed by atoms with Crippen molar-refractivity contribution in [3.63, 3.8) is 0 Å². The van der Waals surface area contributed by atoms with Crippen LogP contribution in [0.1, 0.15) is 51.9 Å². The quantitative estimate of drug-likeness (QED) is 0.791. The molecule has 2 aliphatic rings. The van der Waals surface area contributed by atoms with Gasteiger partial charge in [0.15, 0.2) is 0 Å². The zero-order valence-electron chi connectivity index (χ0n) is 12.5. The number of hydrogen-bond donors (Lipinski definition) is 2. The fourth-order valence-corrected chi connectivity index (χ4v) is 3.11. The maximum Gasteiger partial charge on any atom is 0.244 e. The molecule has 1 saturated heterocycles. The Morgan fingerprint density at radius 2 is 1.75 bits per heavy atom. The van der Waals surface area contributed by atoms with Crippen molar-refractivity contribution in [2.75, 3.05) is 19.6 Å². The number of hydrogen-bond acceptors (Lipinski definition) is 3. The Morgan fingerprint density at radius 1 is 1.10 bits per heavy atom. The molecule has 2 amide bonds. The molecule has 5 nitrogen and oxygen atoms in total. The second-order valence-corrected chi connectivity index (χ2v) is 6.04. The first kappa shape index (κ1) is 15.3. The molecule has 1 aliphatic heterocycles. The molecular formula is C15H27N3O2. The Hall–Kier alpha value is -1.10. The maximum atomic E-state index is 12.2. The highest BCUT2D eigenvalue weighted by atomic mass is 16.2. The number of rotatable bonds is 5. The summed E-state index contributed by atoms with van der Waals surface area (Å²) >= 11 is 0. The van der Waals surface area contributed by atoms with Gasteiger partial charge in [-0.3, -0.25) is 9.59 Å². The third-order valence-corrected chi connectivity index (χ3v) is 4.32. The number of nitrogens with one attached hydrogen (secondary N) is 2. The minimum Gasteiger partial charge on any atom is -0.343 e. The lowest BCUT2D eigenvalue weighted by Crippen LogP contribution is -2.50. The Kier molecular flexibility index (Phi) is 5.83. The van der Waals surface area contributed by atoms with Crippen molar-refractivity contribution in [3.8, 4) is 0 Å². The van der Waals surface area contributed by atoms with Crippen molar-refractivity contribution in [3.05, 3.63) is 0 Å². The third kappa shape index (κ3) is 4.47. The summed E-state index contributed by atoms with van der Waals surface area (Å²) in [5.41, 5.74) is 0. The molecule has 0 spiro atoms. The highest BCUT2D eigenvalue weighted by Crippen LogP contribution is 2.17. The van der Waals surface area contributed by atoms with Crippen LogP contribution in [-0.4, -0.2) is 48.4 Å². The molecule has 0 bridgehead atoms. The predicted molar refractivity (Wildman–Crippen MR) is 78.3 cm³/mol. The average Bonchev–Trinajstić information content (AvgIpc) is 2.98. The van der Waals surface area contributed by atoms with Crippen LogP contribution in [0.25, 0.3) is 0 Å². The van der Waals surface area contributed by atoms with Crippen molar-refractivity contribution in [2.45, 2.75) is 64.0 Å². The number of carbonyl (C=O) groups is 2. The Bertz CT molecular complexity index is 334. The van der Waals surface area contributed by atoms with E-state index in [4.69, 9.17) is 0 Å². The number of carbonyl (C=O) groups excluding carboxylic acids is 2. The minimum atomic E-state index is -0.411. The van der Waals surface area contributed by atoms with E-state index in [1.165, 1.54) is 19.3 Å². The van der Waals surface area contributed by atoms with Crippen molar-refractivity contribution < 1.29 is 9.59 Å². The van der Waals surface area contributed by atoms with Crippen LogP contribution in [0.3, 0.4) is 0 Å². The maximum absolute atomic E-state index is 12.2. The van der Waals surface area contributed by atoms with Gasteiger partial charge in [0.1, 0.15) is 6.04 Å². The lowest BCUT2D eigenvalue weighted by molar-refractivity contribution is -0.136. The molecule has 0 aromatic carbocycles. The first-order chi connectivity index (χ1) is 9.66. The van der Waals surface area contributed by atoms with Crippen LogP contribution in [0.5, 0.6) is 0 Å². The van der Waals surface area contributed by atoms with Gasteiger partial charge in [0.25, 0.3) is 0 Å². The Morgan fingerprint density at radius 3 is 2.40 bits per heavy atom. The van der Waals surface area contributed by atoms with Gasteiger partial charge in [-0.1, -0.05) is 12.8 Å². The van der Waals surface area contributed by atoms with Crippen LogP contribution >= 0.6 is 0 Å². The number of piperidine rings is 1. The minimum absolute atomic E-state index is 0.0546. The van der Waals surface area contributed by atoms with Crippen LogP contribution in [0, 0.1) is 0 Å². The molecule has 2 rings (SSSR count). The molecule has 20 heavy (non-hydrogen) atoms. The molecule has 5 heteroatoms. The van der Waals surface area contributed by atoms with Gasteiger partial charge in [-0.05, 0) is 39.0 Å². The van der Waals surface area contributed by atoms with Crippen molar-refractivity contribution in [2.24, 2.45) is 0 Å². The average molecular weight is 281 g/mol. The molecule has 1 heterocycles. The Balaban J connectivity index is 1.67. The third-order valence-electron chi connectivity index (χ3n) is 4.32. The van der Waals surface area contributed by atoms with Gasteiger partial charge < -0.3 is 15.5 Å². The standard InChI is InChI=1S/C15H27N3O2/c1-12(15(20)18-9-5-2-6-10-18)17-14(19)11-16-13-7-3-4-8-13/h12-13,16H,2-11H2,1H3,(H,17,19). The molecular weight excluding hydrogens is 254 g/mol. The molecule has 1 saturated carbocycles. The van der Waals surface area contributed by atoms with E-state index in [1.54, 1.807) is 6.92 Å². The summed E-state index contributed by atoms with van der Waals surface area (Å²) in [4.78, 5) is 25.9. The number of likely N-dealkylation sites (tertiary alicyclic amines) is 1. The van der Waals surface area contributed by atoms with Gasteiger partial charge in [0.05, 0.1) is 6.54 Å². The number of amides is 2. The summed E-state index contributed by atoms with van der Waals surface area (Å²) in [5.74, 6) is -0.0197. The summed E-state index contributed by atoms with van der Waals surface area (Å²) < 4.78 is 0. The molecule has 0 aromatic rings. The highest BCUT2D eigenvalue weighted by molar-refractivity contribution is 5.88. The summed E-state index contributed by atoms with van der Waals surface area (Å²) in [6.07, 6.45) is 8.19. The first-order valence-electron chi connectivity index (χ1n) is 7.98. The van der Waals surface area contributed by atoms with E-state index >= 15 is 0 Å². The van der Waals surface area contributed by atoms with Crippen LogP contribution in [0.2, 0.25) is 0 Å². The van der Waals surface area contributed by atoms with Gasteiger partial charge >= 0.3 is 0 Å². The normalized spacial score (nSPS) is 21.8. The van der Waals surface area contributed by atoms with E-state index in [1.807, 2.05) is 4.90 Å². The second-order valence-electron chi connectivity index (χ2n) is 6.04. The van der Waals surface area contributed by atoms with Gasteiger partial charge in [-0.25, -0.2) is 0 Å². The summed E-state index contributed by atoms with van der Waals surface area (Å²) in [6, 6.07) is 0.0693. The molecule has 0 radical (unpaired) electrons. The van der Waals surface area contributed by atoms with Gasteiger partial charge in [-0.15, -0.1) is 0 Å². The molecule has 1 aliphatic carbocycles. The molecule has 1 unspecified atom stereocenters. The largest absolute Gasteiger partial charge is 0.343 e. The van der Waals surface area contributed by atoms with E-state index in [9.17, 15) is 9.59 Å². The second kappa shape index (κ2) is 7.62. The van der Waals surface area contributed by atoms with E-state index in [0.717, 1.165) is 38.8 Å². The fraction of sp³-hybridized carbons (Fsp3) is 0.867. The van der Waals surface area contributed by atoms with Crippen LogP contribution in [0.4, 0.5) is 0 Å². The molecule has 1 atom stereocenters. The zero-order chi connectivity index (χ0) is 14.4. The topological polar surface area (TPSA) is 61.4 Å². The fourth-order valence-electron chi connectivity index (χ4n) is 3.11. The van der Waals surface area contributed by atoms with E-state index in [-0.39, 0.29) is 11.8 Å². The van der Waals surface area contributed by atoms with Gasteiger partial charge in [0, 0.05) is 19.1 Å².